The van der Waals surface area contributed by atoms with Crippen LogP contribution in [0.4, 0.5) is 11.4 Å². The molecule has 6 heteroatoms. The minimum atomic E-state index is -0.458. The fraction of sp³-hybridized carbons (Fsp3) is 0.500. The monoisotopic (exact) mass is 274 g/mol. The summed E-state index contributed by atoms with van der Waals surface area (Å²) < 4.78 is 0. The standard InChI is InChI=1S/C14H18N4O2/c15-7-4-11-5-8-17(9-6-11)13-3-1-2-12(10-16)14(13)18(19)20/h1-3,11H,4-9,15H2. The van der Waals surface area contributed by atoms with Crippen LogP contribution in [0.25, 0.3) is 0 Å². The second-order valence-corrected chi connectivity index (χ2v) is 5.05. The quantitative estimate of drug-likeness (QED) is 0.669. The molecule has 0 aromatic heterocycles. The second-order valence-electron chi connectivity index (χ2n) is 5.05. The smallest absolute Gasteiger partial charge is 0.310 e. The predicted molar refractivity (Wildman–Crippen MR) is 76.4 cm³/mol. The Balaban J connectivity index is 2.22. The van der Waals surface area contributed by atoms with Crippen LogP contribution in [0.5, 0.6) is 0 Å². The van der Waals surface area contributed by atoms with E-state index >= 15 is 0 Å². The first kappa shape index (κ1) is 14.3. The maximum atomic E-state index is 11.2. The molecule has 6 nitrogen and oxygen atoms in total. The van der Waals surface area contributed by atoms with Gasteiger partial charge in [0, 0.05) is 13.1 Å². The largest absolute Gasteiger partial charge is 0.366 e. The van der Waals surface area contributed by atoms with Gasteiger partial charge in [-0.2, -0.15) is 5.26 Å². The van der Waals surface area contributed by atoms with Crippen molar-refractivity contribution in [2.45, 2.75) is 19.3 Å². The molecule has 1 aromatic carbocycles. The molecule has 1 heterocycles. The number of rotatable bonds is 4. The van der Waals surface area contributed by atoms with E-state index < -0.39 is 4.92 Å². The molecule has 0 spiro atoms. The molecular formula is C14H18N4O2. The Hall–Kier alpha value is -2.13. The number of nitrogens with two attached hydrogens (primary N) is 1. The van der Waals surface area contributed by atoms with Gasteiger partial charge in [-0.25, -0.2) is 0 Å². The molecule has 1 aromatic rings. The van der Waals surface area contributed by atoms with E-state index in [2.05, 4.69) is 0 Å². The second kappa shape index (κ2) is 6.35. The first-order valence-electron chi connectivity index (χ1n) is 6.80. The van der Waals surface area contributed by atoms with Gasteiger partial charge in [0.2, 0.25) is 0 Å². The molecule has 0 amide bonds. The maximum Gasteiger partial charge on any atom is 0.310 e. The number of para-hydroxylation sites is 1. The molecule has 0 radical (unpaired) electrons. The van der Waals surface area contributed by atoms with E-state index in [1.807, 2.05) is 11.0 Å². The van der Waals surface area contributed by atoms with E-state index in [4.69, 9.17) is 11.0 Å². The number of nitriles is 1. The van der Waals surface area contributed by atoms with Gasteiger partial charge in [-0.05, 0) is 43.9 Å². The third-order valence-corrected chi connectivity index (χ3v) is 3.85. The maximum absolute atomic E-state index is 11.2. The van der Waals surface area contributed by atoms with Gasteiger partial charge < -0.3 is 10.6 Å². The van der Waals surface area contributed by atoms with Crippen LogP contribution in [0.15, 0.2) is 18.2 Å². The van der Waals surface area contributed by atoms with Crippen molar-refractivity contribution in [2.24, 2.45) is 11.7 Å². The molecule has 0 atom stereocenters. The van der Waals surface area contributed by atoms with E-state index in [1.165, 1.54) is 6.07 Å². The van der Waals surface area contributed by atoms with Gasteiger partial charge in [0.25, 0.3) is 0 Å². The van der Waals surface area contributed by atoms with E-state index in [1.54, 1.807) is 12.1 Å². The molecule has 20 heavy (non-hydrogen) atoms. The molecular weight excluding hydrogens is 256 g/mol. The fourth-order valence-electron chi connectivity index (χ4n) is 2.77. The van der Waals surface area contributed by atoms with Gasteiger partial charge in [0.1, 0.15) is 17.3 Å². The number of nitro groups is 1. The van der Waals surface area contributed by atoms with E-state index in [0.717, 1.165) is 32.4 Å². The van der Waals surface area contributed by atoms with E-state index in [-0.39, 0.29) is 11.3 Å². The lowest BCUT2D eigenvalue weighted by Gasteiger charge is -2.33. The number of hydrogen-bond donors (Lipinski definition) is 1. The molecule has 1 fully saturated rings. The lowest BCUT2D eigenvalue weighted by atomic mass is 9.93. The Morgan fingerprint density at radius 3 is 2.70 bits per heavy atom. The molecule has 1 saturated heterocycles. The zero-order chi connectivity index (χ0) is 14.5. The summed E-state index contributed by atoms with van der Waals surface area (Å²) >= 11 is 0. The zero-order valence-corrected chi connectivity index (χ0v) is 11.3. The van der Waals surface area contributed by atoms with Crippen LogP contribution >= 0.6 is 0 Å². The molecule has 1 aliphatic heterocycles. The highest BCUT2D eigenvalue weighted by molar-refractivity contribution is 5.69. The van der Waals surface area contributed by atoms with Crippen molar-refractivity contribution in [1.29, 1.82) is 5.26 Å². The molecule has 0 aliphatic carbocycles. The highest BCUT2D eigenvalue weighted by Gasteiger charge is 2.26. The lowest BCUT2D eigenvalue weighted by Crippen LogP contribution is -2.34. The Morgan fingerprint density at radius 1 is 1.45 bits per heavy atom. The summed E-state index contributed by atoms with van der Waals surface area (Å²) in [6, 6.07) is 6.82. The zero-order valence-electron chi connectivity index (χ0n) is 11.3. The molecule has 106 valence electrons. The SMILES string of the molecule is N#Cc1cccc(N2CCC(CCN)CC2)c1[N+](=O)[O-]. The van der Waals surface area contributed by atoms with Gasteiger partial charge in [-0.3, -0.25) is 10.1 Å². The van der Waals surface area contributed by atoms with Gasteiger partial charge in [-0.15, -0.1) is 0 Å². The third kappa shape index (κ3) is 2.89. The minimum absolute atomic E-state index is 0.0766. The third-order valence-electron chi connectivity index (χ3n) is 3.85. The Labute approximate surface area is 117 Å². The number of hydrogen-bond acceptors (Lipinski definition) is 5. The molecule has 0 bridgehead atoms. The molecule has 2 N–H and O–H groups in total. The van der Waals surface area contributed by atoms with E-state index in [0.29, 0.717) is 18.2 Å². The average molecular weight is 274 g/mol. The highest BCUT2D eigenvalue weighted by atomic mass is 16.6. The van der Waals surface area contributed by atoms with Crippen molar-refractivity contribution in [1.82, 2.24) is 0 Å². The first-order valence-corrected chi connectivity index (χ1v) is 6.80. The van der Waals surface area contributed by atoms with Crippen molar-refractivity contribution in [3.8, 4) is 6.07 Å². The first-order chi connectivity index (χ1) is 9.67. The number of nitrogens with zero attached hydrogens (tertiary/aromatic N) is 3. The number of nitro benzene ring substituents is 1. The van der Waals surface area contributed by atoms with Crippen molar-refractivity contribution in [3.05, 3.63) is 33.9 Å². The van der Waals surface area contributed by atoms with E-state index in [9.17, 15) is 10.1 Å². The van der Waals surface area contributed by atoms with Crippen molar-refractivity contribution in [3.63, 3.8) is 0 Å². The Bertz CT molecular complexity index is 530. The van der Waals surface area contributed by atoms with Crippen LogP contribution in [0.1, 0.15) is 24.8 Å². The van der Waals surface area contributed by atoms with Crippen LogP contribution in [-0.2, 0) is 0 Å². The van der Waals surface area contributed by atoms with Gasteiger partial charge >= 0.3 is 5.69 Å². The highest BCUT2D eigenvalue weighted by Crippen LogP contribution is 2.34. The Morgan fingerprint density at radius 2 is 2.15 bits per heavy atom. The van der Waals surface area contributed by atoms with Gasteiger partial charge in [0.15, 0.2) is 0 Å². The minimum Gasteiger partial charge on any atom is -0.366 e. The molecule has 0 unspecified atom stereocenters. The molecule has 2 rings (SSSR count). The summed E-state index contributed by atoms with van der Waals surface area (Å²) in [6.07, 6.45) is 2.99. The van der Waals surface area contributed by atoms with Crippen LogP contribution < -0.4 is 10.6 Å². The Kier molecular flexibility index (Phi) is 4.53. The number of piperidine rings is 1. The van der Waals surface area contributed by atoms with Crippen molar-refractivity contribution < 1.29 is 4.92 Å². The van der Waals surface area contributed by atoms with Crippen LogP contribution in [-0.4, -0.2) is 24.6 Å². The van der Waals surface area contributed by atoms with Crippen LogP contribution in [0, 0.1) is 27.4 Å². The lowest BCUT2D eigenvalue weighted by molar-refractivity contribution is -0.384. The molecule has 1 aliphatic rings. The van der Waals surface area contributed by atoms with Gasteiger partial charge in [-0.1, -0.05) is 6.07 Å². The van der Waals surface area contributed by atoms with Crippen molar-refractivity contribution in [2.75, 3.05) is 24.5 Å². The van der Waals surface area contributed by atoms with Crippen LogP contribution in [0.3, 0.4) is 0 Å². The topological polar surface area (TPSA) is 96.2 Å². The summed E-state index contributed by atoms with van der Waals surface area (Å²) in [6.45, 7) is 2.25. The summed E-state index contributed by atoms with van der Waals surface area (Å²) in [5, 5.41) is 20.2. The number of anilines is 1. The fourth-order valence-corrected chi connectivity index (χ4v) is 2.77. The summed E-state index contributed by atoms with van der Waals surface area (Å²) in [5.41, 5.74) is 6.17. The van der Waals surface area contributed by atoms with Crippen LogP contribution in [0.2, 0.25) is 0 Å². The van der Waals surface area contributed by atoms with Crippen molar-refractivity contribution >= 4 is 11.4 Å². The summed E-state index contributed by atoms with van der Waals surface area (Å²) in [5.74, 6) is 0.606. The summed E-state index contributed by atoms with van der Waals surface area (Å²) in [7, 11) is 0. The average Bonchev–Trinajstić information content (AvgIpc) is 2.47. The summed E-state index contributed by atoms with van der Waals surface area (Å²) in [4.78, 5) is 12.8. The predicted octanol–water partition coefficient (Wildman–Crippen LogP) is 2.03. The normalized spacial score (nSPS) is 15.9. The number of benzene rings is 1. The molecule has 0 saturated carbocycles. The van der Waals surface area contributed by atoms with Gasteiger partial charge in [0.05, 0.1) is 4.92 Å².